The minimum atomic E-state index is -0.113. The largest absolute Gasteiger partial charge is 0.466 e. The van der Waals surface area contributed by atoms with Crippen LogP contribution in [0.1, 0.15) is 52.8 Å². The Morgan fingerprint density at radius 3 is 2.40 bits per heavy atom. The van der Waals surface area contributed by atoms with Gasteiger partial charge in [-0.15, -0.1) is 0 Å². The van der Waals surface area contributed by atoms with Crippen LogP contribution in [-0.4, -0.2) is 5.91 Å². The maximum absolute atomic E-state index is 12.4. The van der Waals surface area contributed by atoms with E-state index in [1.165, 1.54) is 5.56 Å². The Bertz CT molecular complexity index is 638. The minimum Gasteiger partial charge on any atom is -0.466 e. The van der Waals surface area contributed by atoms with E-state index < -0.39 is 0 Å². The van der Waals surface area contributed by atoms with Crippen LogP contribution in [0.5, 0.6) is 0 Å². The van der Waals surface area contributed by atoms with Crippen LogP contribution in [0, 0.1) is 20.8 Å². The van der Waals surface area contributed by atoms with Gasteiger partial charge < -0.3 is 9.73 Å². The van der Waals surface area contributed by atoms with Crippen LogP contribution in [0.15, 0.2) is 28.7 Å². The number of carbonyl (C=O) groups excluding carboxylic acids is 1. The third-order valence-corrected chi connectivity index (χ3v) is 3.60. The summed E-state index contributed by atoms with van der Waals surface area (Å²) in [6, 6.07) is 7.95. The Labute approximate surface area is 120 Å². The molecule has 1 heterocycles. The average Bonchev–Trinajstić information content (AvgIpc) is 2.63. The highest BCUT2D eigenvalue weighted by Crippen LogP contribution is 2.23. The van der Waals surface area contributed by atoms with Gasteiger partial charge in [-0.05, 0) is 44.4 Å². The fraction of sp³-hybridized carbons (Fsp3) is 0.353. The first kappa shape index (κ1) is 14.4. The molecule has 0 bridgehead atoms. The van der Waals surface area contributed by atoms with Gasteiger partial charge in [-0.1, -0.05) is 26.0 Å². The SMILES string of the molecule is Cc1oc(C)c(C(=O)Nc2cccc(C(C)C)c2)c1C. The van der Waals surface area contributed by atoms with Gasteiger partial charge in [0.2, 0.25) is 0 Å². The molecule has 1 aromatic heterocycles. The van der Waals surface area contributed by atoms with Crippen molar-refractivity contribution in [1.82, 2.24) is 0 Å². The van der Waals surface area contributed by atoms with E-state index in [2.05, 4.69) is 25.2 Å². The predicted octanol–water partition coefficient (Wildman–Crippen LogP) is 4.58. The molecule has 0 radical (unpaired) electrons. The number of hydrogen-bond acceptors (Lipinski definition) is 2. The number of hydrogen-bond donors (Lipinski definition) is 1. The molecule has 0 aliphatic carbocycles. The van der Waals surface area contributed by atoms with Crippen molar-refractivity contribution in [2.24, 2.45) is 0 Å². The quantitative estimate of drug-likeness (QED) is 0.887. The number of carbonyl (C=O) groups is 1. The van der Waals surface area contributed by atoms with Crippen LogP contribution in [0.25, 0.3) is 0 Å². The van der Waals surface area contributed by atoms with Crippen molar-refractivity contribution in [2.75, 3.05) is 5.32 Å². The zero-order chi connectivity index (χ0) is 14.9. The van der Waals surface area contributed by atoms with E-state index in [9.17, 15) is 4.79 Å². The van der Waals surface area contributed by atoms with Gasteiger partial charge in [-0.3, -0.25) is 4.79 Å². The zero-order valence-corrected chi connectivity index (χ0v) is 12.7. The molecule has 0 fully saturated rings. The number of amides is 1. The van der Waals surface area contributed by atoms with Crippen LogP contribution in [-0.2, 0) is 0 Å². The van der Waals surface area contributed by atoms with Gasteiger partial charge in [0.05, 0.1) is 5.56 Å². The van der Waals surface area contributed by atoms with Crippen LogP contribution >= 0.6 is 0 Å². The predicted molar refractivity (Wildman–Crippen MR) is 81.4 cm³/mol. The maximum Gasteiger partial charge on any atom is 0.259 e. The van der Waals surface area contributed by atoms with Gasteiger partial charge in [0.15, 0.2) is 0 Å². The fourth-order valence-electron chi connectivity index (χ4n) is 2.30. The van der Waals surface area contributed by atoms with Crippen molar-refractivity contribution in [3.05, 3.63) is 52.5 Å². The highest BCUT2D eigenvalue weighted by Gasteiger charge is 2.18. The molecule has 20 heavy (non-hydrogen) atoms. The smallest absolute Gasteiger partial charge is 0.259 e. The summed E-state index contributed by atoms with van der Waals surface area (Å²) in [6.07, 6.45) is 0. The lowest BCUT2D eigenvalue weighted by atomic mass is 10.0. The van der Waals surface area contributed by atoms with Crippen molar-refractivity contribution in [3.8, 4) is 0 Å². The molecule has 0 saturated heterocycles. The normalized spacial score (nSPS) is 10.9. The van der Waals surface area contributed by atoms with Gasteiger partial charge in [-0.25, -0.2) is 0 Å². The lowest BCUT2D eigenvalue weighted by Gasteiger charge is -2.09. The highest BCUT2D eigenvalue weighted by atomic mass is 16.3. The number of furan rings is 1. The molecule has 0 aliphatic rings. The van der Waals surface area contributed by atoms with Crippen LogP contribution < -0.4 is 5.32 Å². The molecule has 1 amide bonds. The van der Waals surface area contributed by atoms with Crippen LogP contribution in [0.3, 0.4) is 0 Å². The van der Waals surface area contributed by atoms with Gasteiger partial charge >= 0.3 is 0 Å². The Morgan fingerprint density at radius 1 is 1.15 bits per heavy atom. The van der Waals surface area contributed by atoms with Crippen molar-refractivity contribution < 1.29 is 9.21 Å². The Balaban J connectivity index is 2.26. The molecule has 0 atom stereocenters. The summed E-state index contributed by atoms with van der Waals surface area (Å²) >= 11 is 0. The first-order chi connectivity index (χ1) is 9.40. The van der Waals surface area contributed by atoms with Crippen molar-refractivity contribution in [3.63, 3.8) is 0 Å². The van der Waals surface area contributed by atoms with E-state index in [0.29, 0.717) is 17.2 Å². The third-order valence-electron chi connectivity index (χ3n) is 3.60. The first-order valence-electron chi connectivity index (χ1n) is 6.88. The standard InChI is InChI=1S/C17H21NO2/c1-10(2)14-7-6-8-15(9-14)18-17(19)16-11(3)12(4)20-13(16)5/h6-10H,1-5H3,(H,18,19). The molecule has 3 heteroatoms. The monoisotopic (exact) mass is 271 g/mol. The number of benzene rings is 1. The topological polar surface area (TPSA) is 42.2 Å². The van der Waals surface area contributed by atoms with Crippen molar-refractivity contribution in [2.45, 2.75) is 40.5 Å². The molecule has 1 aromatic carbocycles. The molecular weight excluding hydrogens is 250 g/mol. The number of anilines is 1. The average molecular weight is 271 g/mol. The Morgan fingerprint density at radius 2 is 1.85 bits per heavy atom. The third kappa shape index (κ3) is 2.77. The van der Waals surface area contributed by atoms with E-state index >= 15 is 0 Å². The minimum absolute atomic E-state index is 0.113. The second kappa shape index (κ2) is 5.53. The van der Waals surface area contributed by atoms with Crippen molar-refractivity contribution >= 4 is 11.6 Å². The molecule has 106 valence electrons. The van der Waals surface area contributed by atoms with E-state index in [1.54, 1.807) is 0 Å². The molecule has 0 spiro atoms. The number of nitrogens with one attached hydrogen (secondary N) is 1. The lowest BCUT2D eigenvalue weighted by Crippen LogP contribution is -2.13. The van der Waals surface area contributed by atoms with Gasteiger partial charge in [-0.2, -0.15) is 0 Å². The molecule has 2 aromatic rings. The van der Waals surface area contributed by atoms with E-state index in [4.69, 9.17) is 4.42 Å². The molecule has 3 nitrogen and oxygen atoms in total. The summed E-state index contributed by atoms with van der Waals surface area (Å²) in [5, 5.41) is 2.95. The molecule has 0 aliphatic heterocycles. The second-order valence-electron chi connectivity index (χ2n) is 5.45. The lowest BCUT2D eigenvalue weighted by molar-refractivity contribution is 0.102. The van der Waals surface area contributed by atoms with E-state index in [0.717, 1.165) is 17.0 Å². The zero-order valence-electron chi connectivity index (χ0n) is 12.7. The Kier molecular flexibility index (Phi) is 3.98. The summed E-state index contributed by atoms with van der Waals surface area (Å²) in [5.74, 6) is 1.78. The summed E-state index contributed by atoms with van der Waals surface area (Å²) in [7, 11) is 0. The van der Waals surface area contributed by atoms with E-state index in [1.807, 2.05) is 39.0 Å². The van der Waals surface area contributed by atoms with Crippen LogP contribution in [0.4, 0.5) is 5.69 Å². The first-order valence-corrected chi connectivity index (χ1v) is 6.88. The van der Waals surface area contributed by atoms with Crippen LogP contribution in [0.2, 0.25) is 0 Å². The summed E-state index contributed by atoms with van der Waals surface area (Å²) < 4.78 is 5.51. The summed E-state index contributed by atoms with van der Waals surface area (Å²) in [4.78, 5) is 12.4. The second-order valence-corrected chi connectivity index (χ2v) is 5.45. The van der Waals surface area contributed by atoms with E-state index in [-0.39, 0.29) is 5.91 Å². The van der Waals surface area contributed by atoms with Gasteiger partial charge in [0, 0.05) is 11.3 Å². The summed E-state index contributed by atoms with van der Waals surface area (Å²) in [5.41, 5.74) is 3.57. The maximum atomic E-state index is 12.4. The molecule has 2 rings (SSSR count). The summed E-state index contributed by atoms with van der Waals surface area (Å²) in [6.45, 7) is 9.87. The fourth-order valence-corrected chi connectivity index (χ4v) is 2.30. The molecule has 1 N–H and O–H groups in total. The molecular formula is C17H21NO2. The van der Waals surface area contributed by atoms with Crippen molar-refractivity contribution in [1.29, 1.82) is 0 Å². The van der Waals surface area contributed by atoms with Gasteiger partial charge in [0.25, 0.3) is 5.91 Å². The highest BCUT2D eigenvalue weighted by molar-refractivity contribution is 6.06. The number of aryl methyl sites for hydroxylation is 2. The molecule has 0 saturated carbocycles. The number of rotatable bonds is 3. The Hall–Kier alpha value is -2.03. The molecule has 0 unspecified atom stereocenters. The van der Waals surface area contributed by atoms with Gasteiger partial charge in [0.1, 0.15) is 11.5 Å².